The Balaban J connectivity index is 2.14. The van der Waals surface area contributed by atoms with E-state index in [2.05, 4.69) is 20.2 Å². The van der Waals surface area contributed by atoms with Crippen molar-refractivity contribution < 1.29 is 0 Å². The molecule has 0 aliphatic heterocycles. The molecule has 2 heterocycles. The molecule has 2 rings (SSSR count). The molecule has 0 spiro atoms. The largest absolute Gasteiger partial charge is 0.326 e. The summed E-state index contributed by atoms with van der Waals surface area (Å²) in [5.74, 6) is 0. The van der Waals surface area contributed by atoms with Gasteiger partial charge in [-0.3, -0.25) is 0 Å². The minimum Gasteiger partial charge on any atom is -0.326 e. The number of hydrogen-bond donors (Lipinski definition) is 1. The summed E-state index contributed by atoms with van der Waals surface area (Å²) >= 11 is 1.37. The first-order valence-electron chi connectivity index (χ1n) is 4.32. The quantitative estimate of drug-likeness (QED) is 0.748. The summed E-state index contributed by atoms with van der Waals surface area (Å²) in [5.41, 5.74) is 6.36. The highest BCUT2D eigenvalue weighted by atomic mass is 32.2. The third-order valence-electron chi connectivity index (χ3n) is 1.77. The molecular weight excluding hydrogens is 212 g/mol. The van der Waals surface area contributed by atoms with Crippen molar-refractivity contribution in [1.82, 2.24) is 24.7 Å². The Morgan fingerprint density at radius 2 is 2.13 bits per heavy atom. The summed E-state index contributed by atoms with van der Waals surface area (Å²) in [6, 6.07) is 0. The molecule has 78 valence electrons. The summed E-state index contributed by atoms with van der Waals surface area (Å²) in [7, 11) is 1.87. The van der Waals surface area contributed by atoms with Crippen LogP contribution < -0.4 is 5.73 Å². The topological polar surface area (TPSA) is 82.5 Å². The molecule has 0 bridgehead atoms. The van der Waals surface area contributed by atoms with Crippen LogP contribution in [-0.2, 0) is 13.6 Å². The fourth-order valence-electron chi connectivity index (χ4n) is 0.948. The first-order valence-corrected chi connectivity index (χ1v) is 5.14. The Morgan fingerprint density at radius 1 is 1.40 bits per heavy atom. The van der Waals surface area contributed by atoms with E-state index in [-0.39, 0.29) is 0 Å². The lowest BCUT2D eigenvalue weighted by Crippen LogP contribution is -1.99. The highest BCUT2D eigenvalue weighted by Crippen LogP contribution is 2.20. The van der Waals surface area contributed by atoms with Gasteiger partial charge in [0, 0.05) is 31.5 Å². The molecule has 0 atom stereocenters. The number of nitrogens with two attached hydrogens (primary N) is 1. The number of nitrogens with zero attached hydrogens (tertiary/aromatic N) is 5. The number of rotatable bonds is 3. The summed E-state index contributed by atoms with van der Waals surface area (Å²) in [6.07, 6.45) is 5.06. The summed E-state index contributed by atoms with van der Waals surface area (Å²) in [5, 5.41) is 9.09. The van der Waals surface area contributed by atoms with Crippen LogP contribution in [0.25, 0.3) is 0 Å². The van der Waals surface area contributed by atoms with Gasteiger partial charge in [0.1, 0.15) is 6.33 Å². The molecule has 0 saturated heterocycles. The van der Waals surface area contributed by atoms with Crippen LogP contribution in [0.5, 0.6) is 0 Å². The van der Waals surface area contributed by atoms with Crippen LogP contribution in [-0.4, -0.2) is 24.7 Å². The van der Waals surface area contributed by atoms with E-state index in [9.17, 15) is 0 Å². The van der Waals surface area contributed by atoms with Crippen LogP contribution in [0, 0.1) is 0 Å². The van der Waals surface area contributed by atoms with Crippen LogP contribution in [0.15, 0.2) is 29.0 Å². The molecule has 2 N–H and O–H groups in total. The van der Waals surface area contributed by atoms with Crippen molar-refractivity contribution in [3.63, 3.8) is 0 Å². The van der Waals surface area contributed by atoms with E-state index in [1.54, 1.807) is 18.7 Å². The normalized spacial score (nSPS) is 10.5. The molecule has 0 radical (unpaired) electrons. The van der Waals surface area contributed by atoms with Gasteiger partial charge in [0.2, 0.25) is 0 Å². The van der Waals surface area contributed by atoms with Crippen molar-refractivity contribution in [3.8, 4) is 0 Å². The van der Waals surface area contributed by atoms with Gasteiger partial charge in [-0.1, -0.05) is 0 Å². The lowest BCUT2D eigenvalue weighted by atomic mass is 10.4. The molecule has 0 unspecified atom stereocenters. The maximum absolute atomic E-state index is 5.45. The minimum atomic E-state index is 0.453. The third kappa shape index (κ3) is 2.31. The molecule has 6 nitrogen and oxygen atoms in total. The predicted octanol–water partition coefficient (Wildman–Crippen LogP) is 0.215. The number of aryl methyl sites for hydroxylation is 1. The second kappa shape index (κ2) is 4.37. The average molecular weight is 222 g/mol. The second-order valence-corrected chi connectivity index (χ2v) is 3.84. The van der Waals surface area contributed by atoms with Crippen LogP contribution >= 0.6 is 11.8 Å². The van der Waals surface area contributed by atoms with Crippen molar-refractivity contribution in [2.45, 2.75) is 16.9 Å². The first kappa shape index (κ1) is 10.1. The van der Waals surface area contributed by atoms with Crippen LogP contribution in [0.4, 0.5) is 0 Å². The maximum atomic E-state index is 5.45. The Bertz CT molecular complexity index is 437. The summed E-state index contributed by atoms with van der Waals surface area (Å²) in [6.45, 7) is 0.453. The van der Waals surface area contributed by atoms with E-state index in [4.69, 9.17) is 5.73 Å². The van der Waals surface area contributed by atoms with E-state index in [0.717, 1.165) is 10.7 Å². The lowest BCUT2D eigenvalue weighted by Gasteiger charge is -1.99. The van der Waals surface area contributed by atoms with Crippen molar-refractivity contribution in [3.05, 3.63) is 24.3 Å². The van der Waals surface area contributed by atoms with Gasteiger partial charge < -0.3 is 10.3 Å². The van der Waals surface area contributed by atoms with Gasteiger partial charge >= 0.3 is 0 Å². The molecule has 15 heavy (non-hydrogen) atoms. The Labute approximate surface area is 90.9 Å². The molecule has 0 amide bonds. The summed E-state index contributed by atoms with van der Waals surface area (Å²) < 4.78 is 1.81. The maximum Gasteiger partial charge on any atom is 0.198 e. The molecule has 2 aromatic rings. The van der Waals surface area contributed by atoms with Gasteiger partial charge in [-0.2, -0.15) is 0 Å². The first-order chi connectivity index (χ1) is 7.29. The highest BCUT2D eigenvalue weighted by Gasteiger charge is 2.05. The Hall–Kier alpha value is -1.47. The second-order valence-electron chi connectivity index (χ2n) is 2.90. The smallest absolute Gasteiger partial charge is 0.198 e. The van der Waals surface area contributed by atoms with E-state index in [0.29, 0.717) is 11.7 Å². The number of hydrogen-bond acceptors (Lipinski definition) is 6. The third-order valence-corrected chi connectivity index (χ3v) is 2.72. The SMILES string of the molecule is Cn1cnnc1Sc1ncc(CN)cn1. The molecule has 7 heteroatoms. The zero-order chi connectivity index (χ0) is 10.7. The lowest BCUT2D eigenvalue weighted by molar-refractivity contribution is 0.783. The van der Waals surface area contributed by atoms with Gasteiger partial charge in [-0.05, 0) is 11.8 Å². The molecule has 0 aromatic carbocycles. The average Bonchev–Trinajstić information content (AvgIpc) is 2.66. The van der Waals surface area contributed by atoms with Crippen molar-refractivity contribution in [2.75, 3.05) is 0 Å². The van der Waals surface area contributed by atoms with Gasteiger partial charge in [0.05, 0.1) is 0 Å². The fourth-order valence-corrected chi connectivity index (χ4v) is 1.60. The van der Waals surface area contributed by atoms with Crippen LogP contribution in [0.1, 0.15) is 5.56 Å². The Kier molecular flexibility index (Phi) is 2.93. The van der Waals surface area contributed by atoms with Crippen LogP contribution in [0.2, 0.25) is 0 Å². The number of aromatic nitrogens is 5. The minimum absolute atomic E-state index is 0.453. The van der Waals surface area contributed by atoms with E-state index in [1.807, 2.05) is 11.6 Å². The van der Waals surface area contributed by atoms with E-state index in [1.165, 1.54) is 11.8 Å². The van der Waals surface area contributed by atoms with Gasteiger partial charge in [0.15, 0.2) is 10.3 Å². The van der Waals surface area contributed by atoms with E-state index >= 15 is 0 Å². The molecule has 2 aromatic heterocycles. The van der Waals surface area contributed by atoms with Crippen molar-refractivity contribution in [1.29, 1.82) is 0 Å². The van der Waals surface area contributed by atoms with Crippen molar-refractivity contribution >= 4 is 11.8 Å². The summed E-state index contributed by atoms with van der Waals surface area (Å²) in [4.78, 5) is 8.31. The monoisotopic (exact) mass is 222 g/mol. The van der Waals surface area contributed by atoms with E-state index < -0.39 is 0 Å². The van der Waals surface area contributed by atoms with Crippen LogP contribution in [0.3, 0.4) is 0 Å². The van der Waals surface area contributed by atoms with Gasteiger partial charge in [-0.15, -0.1) is 10.2 Å². The molecular formula is C8H10N6S. The van der Waals surface area contributed by atoms with Gasteiger partial charge in [0.25, 0.3) is 0 Å². The molecule has 0 aliphatic rings. The standard InChI is InChI=1S/C8H10N6S/c1-14-5-12-13-8(14)15-7-10-3-6(2-9)4-11-7/h3-5H,2,9H2,1H3. The highest BCUT2D eigenvalue weighted by molar-refractivity contribution is 7.99. The Morgan fingerprint density at radius 3 is 2.67 bits per heavy atom. The van der Waals surface area contributed by atoms with Crippen molar-refractivity contribution in [2.24, 2.45) is 12.8 Å². The predicted molar refractivity (Wildman–Crippen MR) is 55.0 cm³/mol. The fraction of sp³-hybridized carbons (Fsp3) is 0.250. The molecule has 0 aliphatic carbocycles. The zero-order valence-corrected chi connectivity index (χ0v) is 8.98. The molecule has 0 fully saturated rings. The molecule has 0 saturated carbocycles. The zero-order valence-electron chi connectivity index (χ0n) is 8.16. The van der Waals surface area contributed by atoms with Gasteiger partial charge in [-0.25, -0.2) is 9.97 Å².